The van der Waals surface area contributed by atoms with Crippen LogP contribution in [0.3, 0.4) is 0 Å². The van der Waals surface area contributed by atoms with Crippen molar-refractivity contribution in [2.24, 2.45) is 0 Å². The monoisotopic (exact) mass is 371 g/mol. The molecule has 1 saturated heterocycles. The lowest BCUT2D eigenvalue weighted by atomic mass is 9.94. The number of furan rings is 1. The average molecular weight is 372 g/mol. The van der Waals surface area contributed by atoms with Crippen LogP contribution in [0.15, 0.2) is 26.1 Å². The molecule has 0 atom stereocenters. The molecule has 1 aliphatic carbocycles. The molecule has 0 bridgehead atoms. The number of rotatable bonds is 2. The summed E-state index contributed by atoms with van der Waals surface area (Å²) >= 11 is 10.0. The molecular formula is C14H14BrNO2S2. The van der Waals surface area contributed by atoms with Crippen LogP contribution in [0.2, 0.25) is 0 Å². The summed E-state index contributed by atoms with van der Waals surface area (Å²) in [7, 11) is 0. The van der Waals surface area contributed by atoms with Gasteiger partial charge in [-0.1, -0.05) is 43.2 Å². The largest absolute Gasteiger partial charge is 0.450 e. The van der Waals surface area contributed by atoms with Crippen LogP contribution in [0.4, 0.5) is 0 Å². The molecule has 3 nitrogen and oxygen atoms in total. The lowest BCUT2D eigenvalue weighted by molar-refractivity contribution is -0.124. The molecule has 1 aromatic heterocycles. The summed E-state index contributed by atoms with van der Waals surface area (Å²) in [5.74, 6) is 0.695. The smallest absolute Gasteiger partial charge is 0.266 e. The minimum absolute atomic E-state index is 0.0272. The highest BCUT2D eigenvalue weighted by Gasteiger charge is 2.37. The Morgan fingerprint density at radius 3 is 2.75 bits per heavy atom. The van der Waals surface area contributed by atoms with Gasteiger partial charge in [-0.15, -0.1) is 0 Å². The first-order valence-corrected chi connectivity index (χ1v) is 8.69. The zero-order valence-corrected chi connectivity index (χ0v) is 14.0. The van der Waals surface area contributed by atoms with Crippen LogP contribution in [-0.2, 0) is 4.79 Å². The third kappa shape index (κ3) is 2.87. The fraction of sp³-hybridized carbons (Fsp3) is 0.429. The van der Waals surface area contributed by atoms with Crippen molar-refractivity contribution in [2.75, 3.05) is 0 Å². The second-order valence-electron chi connectivity index (χ2n) is 4.99. The van der Waals surface area contributed by atoms with Crippen molar-refractivity contribution in [1.29, 1.82) is 0 Å². The predicted molar refractivity (Wildman–Crippen MR) is 88.3 cm³/mol. The van der Waals surface area contributed by atoms with E-state index in [0.717, 1.165) is 12.8 Å². The van der Waals surface area contributed by atoms with Crippen molar-refractivity contribution in [3.05, 3.63) is 27.5 Å². The first-order chi connectivity index (χ1) is 9.65. The lowest BCUT2D eigenvalue weighted by Gasteiger charge is -2.29. The minimum atomic E-state index is 0.0272. The van der Waals surface area contributed by atoms with E-state index < -0.39 is 0 Å². The van der Waals surface area contributed by atoms with Gasteiger partial charge in [0.15, 0.2) is 4.67 Å². The van der Waals surface area contributed by atoms with Gasteiger partial charge in [-0.25, -0.2) is 0 Å². The number of carbonyl (C=O) groups is 1. The van der Waals surface area contributed by atoms with Gasteiger partial charge in [0.25, 0.3) is 5.91 Å². The Balaban J connectivity index is 1.81. The Morgan fingerprint density at radius 2 is 2.10 bits per heavy atom. The Kier molecular flexibility index (Phi) is 4.33. The number of thiocarbonyl (C=S) groups is 1. The van der Waals surface area contributed by atoms with Crippen molar-refractivity contribution >= 4 is 56.2 Å². The topological polar surface area (TPSA) is 33.5 Å². The standard InChI is InChI=1S/C14H14BrNO2S2/c15-12-7-6-10(18-12)8-11-13(17)16(14(19)20-11)9-4-2-1-3-5-9/h6-9H,1-5H2/b11-8+. The molecule has 1 saturated carbocycles. The molecule has 0 aromatic carbocycles. The van der Waals surface area contributed by atoms with Gasteiger partial charge < -0.3 is 4.42 Å². The van der Waals surface area contributed by atoms with Crippen LogP contribution in [0.1, 0.15) is 37.9 Å². The van der Waals surface area contributed by atoms with E-state index in [9.17, 15) is 4.79 Å². The first-order valence-electron chi connectivity index (χ1n) is 6.67. The maximum atomic E-state index is 12.5. The van der Waals surface area contributed by atoms with E-state index in [0.29, 0.717) is 19.7 Å². The number of carbonyl (C=O) groups excluding carboxylic acids is 1. The first kappa shape index (κ1) is 14.4. The van der Waals surface area contributed by atoms with Crippen molar-refractivity contribution in [3.63, 3.8) is 0 Å². The minimum Gasteiger partial charge on any atom is -0.450 e. The predicted octanol–water partition coefficient (Wildman–Crippen LogP) is 4.58. The summed E-state index contributed by atoms with van der Waals surface area (Å²) < 4.78 is 6.76. The highest BCUT2D eigenvalue weighted by atomic mass is 79.9. The molecule has 1 aromatic rings. The molecule has 2 heterocycles. The summed E-state index contributed by atoms with van der Waals surface area (Å²) in [6.45, 7) is 0. The van der Waals surface area contributed by atoms with Crippen LogP contribution < -0.4 is 0 Å². The van der Waals surface area contributed by atoms with E-state index in [2.05, 4.69) is 15.9 Å². The molecule has 0 spiro atoms. The van der Waals surface area contributed by atoms with E-state index in [-0.39, 0.29) is 11.9 Å². The van der Waals surface area contributed by atoms with Gasteiger partial charge in [-0.05, 0) is 40.9 Å². The molecule has 0 N–H and O–H groups in total. The second-order valence-corrected chi connectivity index (χ2v) is 7.44. The highest BCUT2D eigenvalue weighted by Crippen LogP contribution is 2.37. The highest BCUT2D eigenvalue weighted by molar-refractivity contribution is 9.10. The molecule has 3 rings (SSSR count). The number of hydrogen-bond acceptors (Lipinski definition) is 4. The number of hydrogen-bond donors (Lipinski definition) is 0. The lowest BCUT2D eigenvalue weighted by Crippen LogP contribution is -2.39. The fourth-order valence-electron chi connectivity index (χ4n) is 2.67. The number of halogens is 1. The number of nitrogens with zero attached hydrogens (tertiary/aromatic N) is 1. The van der Waals surface area contributed by atoms with Gasteiger partial charge in [0.1, 0.15) is 10.1 Å². The molecular weight excluding hydrogens is 358 g/mol. The van der Waals surface area contributed by atoms with Crippen LogP contribution in [0.5, 0.6) is 0 Å². The van der Waals surface area contributed by atoms with E-state index >= 15 is 0 Å². The zero-order valence-electron chi connectivity index (χ0n) is 10.8. The van der Waals surface area contributed by atoms with E-state index in [1.165, 1.54) is 31.0 Å². The van der Waals surface area contributed by atoms with Gasteiger partial charge >= 0.3 is 0 Å². The number of amides is 1. The van der Waals surface area contributed by atoms with Crippen molar-refractivity contribution < 1.29 is 9.21 Å². The summed E-state index contributed by atoms with van der Waals surface area (Å²) in [4.78, 5) is 15.0. The molecule has 2 fully saturated rings. The second kappa shape index (κ2) is 6.03. The molecule has 6 heteroatoms. The van der Waals surface area contributed by atoms with Crippen LogP contribution >= 0.6 is 39.9 Å². The maximum absolute atomic E-state index is 12.5. The number of thioether (sulfide) groups is 1. The SMILES string of the molecule is O=C1/C(=C\c2ccc(Br)o2)SC(=S)N1C1CCCCC1. The van der Waals surface area contributed by atoms with Gasteiger partial charge in [-0.3, -0.25) is 9.69 Å². The molecule has 1 amide bonds. The molecule has 20 heavy (non-hydrogen) atoms. The third-order valence-corrected chi connectivity index (χ3v) is 5.39. The maximum Gasteiger partial charge on any atom is 0.266 e. The zero-order chi connectivity index (χ0) is 14.1. The van der Waals surface area contributed by atoms with Gasteiger partial charge in [-0.2, -0.15) is 0 Å². The Hall–Kier alpha value is -0.590. The van der Waals surface area contributed by atoms with Gasteiger partial charge in [0.05, 0.1) is 4.91 Å². The van der Waals surface area contributed by atoms with Crippen molar-refractivity contribution in [1.82, 2.24) is 4.90 Å². The van der Waals surface area contributed by atoms with E-state index in [4.69, 9.17) is 16.6 Å². The normalized spacial score (nSPS) is 23.1. The van der Waals surface area contributed by atoms with Crippen molar-refractivity contribution in [2.45, 2.75) is 38.1 Å². The fourth-order valence-corrected chi connectivity index (χ4v) is 4.37. The third-order valence-electron chi connectivity index (χ3n) is 3.63. The molecule has 1 aliphatic heterocycles. The molecule has 0 unspecified atom stereocenters. The Morgan fingerprint density at radius 1 is 1.35 bits per heavy atom. The molecule has 2 aliphatic rings. The van der Waals surface area contributed by atoms with E-state index in [1.54, 1.807) is 6.08 Å². The summed E-state index contributed by atoms with van der Waals surface area (Å²) in [5, 5.41) is 0. The van der Waals surface area contributed by atoms with Crippen LogP contribution in [-0.4, -0.2) is 21.2 Å². The van der Waals surface area contributed by atoms with Crippen LogP contribution in [0, 0.1) is 0 Å². The van der Waals surface area contributed by atoms with Crippen molar-refractivity contribution in [3.8, 4) is 0 Å². The van der Waals surface area contributed by atoms with Gasteiger partial charge in [0, 0.05) is 12.1 Å². The van der Waals surface area contributed by atoms with E-state index in [1.807, 2.05) is 17.0 Å². The average Bonchev–Trinajstić information content (AvgIpc) is 2.96. The Labute approximate surface area is 135 Å². The molecule has 106 valence electrons. The summed E-state index contributed by atoms with van der Waals surface area (Å²) in [6.07, 6.45) is 7.53. The quantitative estimate of drug-likeness (QED) is 0.562. The summed E-state index contributed by atoms with van der Waals surface area (Å²) in [5.41, 5.74) is 0. The summed E-state index contributed by atoms with van der Waals surface area (Å²) in [6, 6.07) is 3.93. The molecule has 0 radical (unpaired) electrons. The van der Waals surface area contributed by atoms with Crippen LogP contribution in [0.25, 0.3) is 6.08 Å². The Bertz CT molecular complexity index is 575. The van der Waals surface area contributed by atoms with Gasteiger partial charge in [0.2, 0.25) is 0 Å².